The number of aromatic amines is 1. The van der Waals surface area contributed by atoms with Crippen LogP contribution in [0.3, 0.4) is 0 Å². The van der Waals surface area contributed by atoms with Crippen molar-refractivity contribution in [1.82, 2.24) is 10.3 Å². The number of nitrogens with one attached hydrogen (secondary N) is 2. The number of ketones is 1. The summed E-state index contributed by atoms with van der Waals surface area (Å²) in [4.78, 5) is 17.7. The minimum Gasteiger partial charge on any atom is -0.508 e. The summed E-state index contributed by atoms with van der Waals surface area (Å²) in [6.45, 7) is 0.495. The molecule has 0 saturated carbocycles. The van der Waals surface area contributed by atoms with E-state index in [1.807, 2.05) is 68.0 Å². The fourth-order valence-electron chi connectivity index (χ4n) is 8.08. The molecular formula is C47H52N2O8. The average molecular weight is 773 g/mol. The van der Waals surface area contributed by atoms with Crippen LogP contribution in [-0.2, 0) is 43.4 Å². The molecule has 0 fully saturated rings. The summed E-state index contributed by atoms with van der Waals surface area (Å²) in [7, 11) is 4.80. The molecule has 5 aromatic carbocycles. The molecule has 3 atom stereocenters. The number of rotatable bonds is 19. The highest BCUT2D eigenvalue weighted by molar-refractivity contribution is 5.89. The Bertz CT molecular complexity index is 2280. The minimum atomic E-state index is -1.07. The molecule has 0 radical (unpaired) electrons. The molecule has 0 bridgehead atoms. The number of methoxy groups -OCH3 is 2. The Kier molecular flexibility index (Phi) is 13.5. The molecule has 0 aliphatic heterocycles. The van der Waals surface area contributed by atoms with Gasteiger partial charge in [-0.05, 0) is 125 Å². The van der Waals surface area contributed by atoms with Gasteiger partial charge in [-0.3, -0.25) is 4.79 Å². The topological polar surface area (TPSA) is 164 Å². The van der Waals surface area contributed by atoms with E-state index in [-0.39, 0.29) is 48.2 Å². The van der Waals surface area contributed by atoms with Crippen molar-refractivity contribution < 1.29 is 39.8 Å². The van der Waals surface area contributed by atoms with Crippen LogP contribution in [0.4, 0.5) is 0 Å². The SMILES string of the molecule is CNCc1cc(O)cc(C(Cc2ccc(O)c(OC)c2)C(=O)CC(O)C(Cc2cc[nH]c2)Cc2ccc(O)c(OC)c2Cc2cccc3cccc(CCO)c23)c1. The maximum atomic E-state index is 14.6. The molecule has 0 saturated heterocycles. The maximum absolute atomic E-state index is 14.6. The molecule has 0 aliphatic rings. The number of aromatic hydroxyl groups is 3. The molecule has 6 rings (SSSR count). The Hall–Kier alpha value is -5.81. The molecule has 0 aliphatic carbocycles. The van der Waals surface area contributed by atoms with Gasteiger partial charge in [0.15, 0.2) is 23.0 Å². The molecule has 1 aromatic heterocycles. The highest BCUT2D eigenvalue weighted by atomic mass is 16.5. The zero-order chi connectivity index (χ0) is 40.5. The van der Waals surface area contributed by atoms with Crippen LogP contribution in [0.25, 0.3) is 10.8 Å². The van der Waals surface area contributed by atoms with Gasteiger partial charge >= 0.3 is 0 Å². The van der Waals surface area contributed by atoms with Crippen molar-refractivity contribution in [3.63, 3.8) is 0 Å². The summed E-state index contributed by atoms with van der Waals surface area (Å²) in [5, 5.41) is 59.2. The number of hydrogen-bond donors (Lipinski definition) is 7. The van der Waals surface area contributed by atoms with Gasteiger partial charge in [0.25, 0.3) is 0 Å². The van der Waals surface area contributed by atoms with Crippen LogP contribution in [0.1, 0.15) is 56.8 Å². The van der Waals surface area contributed by atoms with Crippen LogP contribution < -0.4 is 14.8 Å². The predicted octanol–water partition coefficient (Wildman–Crippen LogP) is 6.89. The molecule has 6 aromatic rings. The van der Waals surface area contributed by atoms with Crippen LogP contribution in [0.2, 0.25) is 0 Å². The van der Waals surface area contributed by atoms with Crippen molar-refractivity contribution in [2.24, 2.45) is 5.92 Å². The van der Waals surface area contributed by atoms with Gasteiger partial charge in [0.2, 0.25) is 0 Å². The number of phenols is 3. The van der Waals surface area contributed by atoms with E-state index in [0.717, 1.165) is 49.7 Å². The highest BCUT2D eigenvalue weighted by Gasteiger charge is 2.30. The van der Waals surface area contributed by atoms with Crippen LogP contribution in [0.15, 0.2) is 103 Å². The van der Waals surface area contributed by atoms with Crippen molar-refractivity contribution >= 4 is 16.6 Å². The number of H-pyrrole nitrogens is 1. The molecule has 0 spiro atoms. The third-order valence-electron chi connectivity index (χ3n) is 10.8. The van der Waals surface area contributed by atoms with Crippen LogP contribution in [-0.4, -0.2) is 70.3 Å². The first-order valence-corrected chi connectivity index (χ1v) is 19.3. The Morgan fingerprint density at radius 3 is 2.26 bits per heavy atom. The van der Waals surface area contributed by atoms with Gasteiger partial charge in [-0.15, -0.1) is 0 Å². The fraction of sp³-hybridized carbons (Fsp3) is 0.298. The van der Waals surface area contributed by atoms with E-state index in [0.29, 0.717) is 43.5 Å². The van der Waals surface area contributed by atoms with E-state index in [1.54, 1.807) is 30.3 Å². The van der Waals surface area contributed by atoms with Gasteiger partial charge in [-0.1, -0.05) is 54.6 Å². The van der Waals surface area contributed by atoms with Gasteiger partial charge in [-0.25, -0.2) is 0 Å². The fourth-order valence-corrected chi connectivity index (χ4v) is 8.08. The third kappa shape index (κ3) is 9.78. The number of hydrogen-bond acceptors (Lipinski definition) is 9. The average Bonchev–Trinajstić information content (AvgIpc) is 3.71. The van der Waals surface area contributed by atoms with Crippen LogP contribution >= 0.6 is 0 Å². The van der Waals surface area contributed by atoms with Crippen molar-refractivity contribution in [2.45, 2.75) is 57.1 Å². The second-order valence-electron chi connectivity index (χ2n) is 14.7. The van der Waals surface area contributed by atoms with E-state index in [4.69, 9.17) is 9.47 Å². The van der Waals surface area contributed by atoms with Crippen molar-refractivity contribution in [1.29, 1.82) is 0 Å². The Labute approximate surface area is 333 Å². The predicted molar refractivity (Wildman–Crippen MR) is 221 cm³/mol. The molecular weight excluding hydrogens is 721 g/mol. The minimum absolute atomic E-state index is 0.00226. The molecule has 3 unspecified atom stereocenters. The van der Waals surface area contributed by atoms with Crippen molar-refractivity contribution in [3.8, 4) is 28.7 Å². The number of Topliss-reactive ketones (excluding diaryl/α,β-unsaturated/α-hetero) is 1. The van der Waals surface area contributed by atoms with E-state index in [2.05, 4.69) is 16.4 Å². The van der Waals surface area contributed by atoms with Gasteiger partial charge in [0.1, 0.15) is 11.5 Å². The Balaban J connectivity index is 1.36. The van der Waals surface area contributed by atoms with Crippen molar-refractivity contribution in [2.75, 3.05) is 27.9 Å². The third-order valence-corrected chi connectivity index (χ3v) is 10.8. The molecule has 1 heterocycles. The van der Waals surface area contributed by atoms with Crippen LogP contribution in [0, 0.1) is 5.92 Å². The summed E-state index contributed by atoms with van der Waals surface area (Å²) in [6, 6.07) is 27.7. The standard InChI is InChI=1S/C47H52N2O8/c1-48-27-31-19-36(24-38(51)20-31)39(21-29-10-12-41(52)45(22-29)56-2)44(55)26-43(54)37(18-30-14-16-49-28-30)23-34-11-13-42(53)47(57-3)40(34)25-35-9-5-7-32-6-4-8-33(15-17-50)46(32)35/h4-14,16,19-20,22,24,28,37,39,43,48-54H,15,17-18,21,23,25-27H2,1-3H3. The second kappa shape index (κ2) is 18.9. The Morgan fingerprint density at radius 1 is 0.789 bits per heavy atom. The summed E-state index contributed by atoms with van der Waals surface area (Å²) in [5.74, 6) is -0.703. The summed E-state index contributed by atoms with van der Waals surface area (Å²) < 4.78 is 11.2. The molecule has 0 amide bonds. The Morgan fingerprint density at radius 2 is 1.56 bits per heavy atom. The highest BCUT2D eigenvalue weighted by Crippen LogP contribution is 2.39. The van der Waals surface area contributed by atoms with Gasteiger partial charge in [0, 0.05) is 49.9 Å². The van der Waals surface area contributed by atoms with E-state index in [1.165, 1.54) is 20.3 Å². The first-order chi connectivity index (χ1) is 27.6. The number of fused-ring (bicyclic) bond motifs is 1. The number of benzene rings is 5. The lowest BCUT2D eigenvalue weighted by atomic mass is 9.80. The lowest BCUT2D eigenvalue weighted by Crippen LogP contribution is -2.30. The number of carbonyl (C=O) groups excluding carboxylic acids is 1. The smallest absolute Gasteiger partial charge is 0.164 e. The maximum Gasteiger partial charge on any atom is 0.164 e. The van der Waals surface area contributed by atoms with Crippen molar-refractivity contribution in [3.05, 3.63) is 148 Å². The second-order valence-corrected chi connectivity index (χ2v) is 14.7. The molecule has 7 N–H and O–H groups in total. The van der Waals surface area contributed by atoms with E-state index in [9.17, 15) is 30.3 Å². The summed E-state index contributed by atoms with van der Waals surface area (Å²) >= 11 is 0. The number of carbonyl (C=O) groups is 1. The van der Waals surface area contributed by atoms with E-state index >= 15 is 0 Å². The van der Waals surface area contributed by atoms with Crippen LogP contribution in [0.5, 0.6) is 28.7 Å². The molecule has 298 valence electrons. The number of aliphatic hydroxyl groups is 2. The molecule has 10 nitrogen and oxygen atoms in total. The van der Waals surface area contributed by atoms with Gasteiger partial charge < -0.3 is 45.3 Å². The lowest BCUT2D eigenvalue weighted by molar-refractivity contribution is -0.123. The molecule has 10 heteroatoms. The number of ether oxygens (including phenoxy) is 2. The number of aromatic nitrogens is 1. The number of phenolic OH excluding ortho intramolecular Hbond substituents is 3. The normalized spacial score (nSPS) is 13.0. The zero-order valence-electron chi connectivity index (χ0n) is 32.7. The largest absolute Gasteiger partial charge is 0.508 e. The van der Waals surface area contributed by atoms with Gasteiger partial charge in [-0.2, -0.15) is 0 Å². The number of aliphatic hydroxyl groups excluding tert-OH is 2. The van der Waals surface area contributed by atoms with E-state index < -0.39 is 17.9 Å². The molecule has 57 heavy (non-hydrogen) atoms. The van der Waals surface area contributed by atoms with Gasteiger partial charge in [0.05, 0.1) is 20.3 Å². The first-order valence-electron chi connectivity index (χ1n) is 19.3. The quantitative estimate of drug-likeness (QED) is 0.0464. The lowest BCUT2D eigenvalue weighted by Gasteiger charge is -2.27. The summed E-state index contributed by atoms with van der Waals surface area (Å²) in [5.41, 5.74) is 6.82. The first kappa shape index (κ1) is 40.8. The zero-order valence-corrected chi connectivity index (χ0v) is 32.7. The summed E-state index contributed by atoms with van der Waals surface area (Å²) in [6.07, 6.45) is 4.48. The monoisotopic (exact) mass is 772 g/mol.